The van der Waals surface area contributed by atoms with Crippen LogP contribution in [0.5, 0.6) is 0 Å². The number of amides is 1. The largest absolute Gasteiger partial charge is 0.339 e. The van der Waals surface area contributed by atoms with Crippen LogP contribution in [0.2, 0.25) is 0 Å². The van der Waals surface area contributed by atoms with Crippen molar-refractivity contribution >= 4 is 18.3 Å². The fourth-order valence-corrected chi connectivity index (χ4v) is 5.19. The quantitative estimate of drug-likeness (QED) is 0.885. The number of carbonyl (C=O) groups excluding carboxylic acids is 1. The highest BCUT2D eigenvalue weighted by Gasteiger charge is 2.61. The Morgan fingerprint density at radius 2 is 2.04 bits per heavy atom. The smallest absolute Gasteiger partial charge is 0.226 e. The first-order valence-electron chi connectivity index (χ1n) is 9.86. The maximum absolute atomic E-state index is 13.4. The first kappa shape index (κ1) is 18.7. The van der Waals surface area contributed by atoms with Crippen LogP contribution in [0.25, 0.3) is 0 Å². The van der Waals surface area contributed by atoms with Crippen molar-refractivity contribution in [1.82, 2.24) is 10.2 Å². The van der Waals surface area contributed by atoms with Gasteiger partial charge in [-0.25, -0.2) is 0 Å². The van der Waals surface area contributed by atoms with E-state index in [4.69, 9.17) is 0 Å². The molecule has 1 saturated carbocycles. The molecule has 4 heteroatoms. The number of benzene rings is 1. The van der Waals surface area contributed by atoms with Gasteiger partial charge in [-0.3, -0.25) is 4.79 Å². The van der Waals surface area contributed by atoms with E-state index >= 15 is 0 Å². The number of nitrogens with zero attached hydrogens (tertiary/aromatic N) is 1. The Hall–Kier alpha value is -1.06. The average Bonchev–Trinajstić information content (AvgIpc) is 3.35. The summed E-state index contributed by atoms with van der Waals surface area (Å²) in [6.45, 7) is 5.23. The van der Waals surface area contributed by atoms with Gasteiger partial charge in [0.25, 0.3) is 0 Å². The molecule has 25 heavy (non-hydrogen) atoms. The molecule has 4 rings (SSSR count). The molecule has 2 unspecified atom stereocenters. The molecule has 1 saturated heterocycles. The maximum Gasteiger partial charge on any atom is 0.226 e. The Balaban J connectivity index is 0.00000182. The highest BCUT2D eigenvalue weighted by Crippen LogP contribution is 2.61. The number of rotatable bonds is 4. The molecule has 3 nitrogen and oxygen atoms in total. The van der Waals surface area contributed by atoms with E-state index in [0.29, 0.717) is 11.9 Å². The van der Waals surface area contributed by atoms with Gasteiger partial charge in [0.15, 0.2) is 0 Å². The topological polar surface area (TPSA) is 32.3 Å². The van der Waals surface area contributed by atoms with Crippen molar-refractivity contribution in [3.05, 3.63) is 35.4 Å². The van der Waals surface area contributed by atoms with Gasteiger partial charge in [0.05, 0.1) is 0 Å². The molecule has 0 aromatic heterocycles. The number of halogens is 1. The van der Waals surface area contributed by atoms with Crippen LogP contribution in [0, 0.1) is 5.92 Å². The van der Waals surface area contributed by atoms with Crippen molar-refractivity contribution in [2.75, 3.05) is 19.6 Å². The molecule has 1 N–H and O–H groups in total. The van der Waals surface area contributed by atoms with Gasteiger partial charge in [0, 0.05) is 23.9 Å². The SMILES string of the molecule is CCCN(C(=O)C1CC12CCCc1ccccc12)C1CCNCC1.Cl. The van der Waals surface area contributed by atoms with Crippen molar-refractivity contribution < 1.29 is 4.79 Å². The predicted molar refractivity (Wildman–Crippen MR) is 104 cm³/mol. The zero-order valence-electron chi connectivity index (χ0n) is 15.3. The van der Waals surface area contributed by atoms with Crippen molar-refractivity contribution in [2.45, 2.75) is 63.3 Å². The van der Waals surface area contributed by atoms with E-state index in [0.717, 1.165) is 45.3 Å². The monoisotopic (exact) mass is 362 g/mol. The number of piperidine rings is 1. The Kier molecular flexibility index (Phi) is 5.75. The number of nitrogens with one attached hydrogen (secondary N) is 1. The lowest BCUT2D eigenvalue weighted by Gasteiger charge is -2.36. The van der Waals surface area contributed by atoms with E-state index < -0.39 is 0 Å². The summed E-state index contributed by atoms with van der Waals surface area (Å²) in [4.78, 5) is 15.6. The average molecular weight is 363 g/mol. The van der Waals surface area contributed by atoms with Gasteiger partial charge in [-0.15, -0.1) is 12.4 Å². The van der Waals surface area contributed by atoms with Crippen LogP contribution in [0.15, 0.2) is 24.3 Å². The summed E-state index contributed by atoms with van der Waals surface area (Å²) in [5, 5.41) is 3.43. The summed E-state index contributed by atoms with van der Waals surface area (Å²) in [5.74, 6) is 0.681. The van der Waals surface area contributed by atoms with E-state index in [1.165, 1.54) is 30.4 Å². The molecule has 1 aromatic carbocycles. The predicted octanol–water partition coefficient (Wildman–Crippen LogP) is 3.69. The fraction of sp³-hybridized carbons (Fsp3) is 0.667. The molecule has 1 aromatic rings. The standard InChI is InChI=1S/C21H30N2O.ClH/c1-2-14-23(17-9-12-22-13-10-17)20(24)19-15-21(19)11-5-7-16-6-3-4-8-18(16)21;/h3-4,6,8,17,19,22H,2,5,7,9-15H2,1H3;1H. The van der Waals surface area contributed by atoms with Gasteiger partial charge in [-0.1, -0.05) is 31.2 Å². The summed E-state index contributed by atoms with van der Waals surface area (Å²) in [6, 6.07) is 9.32. The highest BCUT2D eigenvalue weighted by atomic mass is 35.5. The lowest BCUT2D eigenvalue weighted by Crippen LogP contribution is -2.47. The minimum Gasteiger partial charge on any atom is -0.339 e. The van der Waals surface area contributed by atoms with Crippen LogP contribution < -0.4 is 5.32 Å². The third-order valence-corrected chi connectivity index (χ3v) is 6.49. The van der Waals surface area contributed by atoms with Gasteiger partial charge in [-0.2, -0.15) is 0 Å². The van der Waals surface area contributed by atoms with Crippen LogP contribution >= 0.6 is 12.4 Å². The van der Waals surface area contributed by atoms with Gasteiger partial charge in [0.1, 0.15) is 0 Å². The second-order valence-electron chi connectivity index (χ2n) is 7.94. The van der Waals surface area contributed by atoms with Gasteiger partial charge < -0.3 is 10.2 Å². The third kappa shape index (κ3) is 3.33. The second kappa shape index (κ2) is 7.67. The number of fused-ring (bicyclic) bond motifs is 2. The number of carbonyl (C=O) groups is 1. The molecule has 2 fully saturated rings. The Labute approximate surface area is 158 Å². The molecule has 2 atom stereocenters. The molecule has 3 aliphatic rings. The van der Waals surface area contributed by atoms with Gasteiger partial charge in [-0.05, 0) is 69.2 Å². The van der Waals surface area contributed by atoms with Crippen LogP contribution in [0.4, 0.5) is 0 Å². The number of aryl methyl sites for hydroxylation is 1. The van der Waals surface area contributed by atoms with Crippen molar-refractivity contribution in [2.24, 2.45) is 5.92 Å². The van der Waals surface area contributed by atoms with Gasteiger partial charge >= 0.3 is 0 Å². The maximum atomic E-state index is 13.4. The van der Waals surface area contributed by atoms with Crippen LogP contribution in [0.1, 0.15) is 56.6 Å². The molecular formula is C21H31ClN2O. The lowest BCUT2D eigenvalue weighted by molar-refractivity contribution is -0.136. The zero-order chi connectivity index (χ0) is 16.6. The summed E-state index contributed by atoms with van der Waals surface area (Å²) < 4.78 is 0. The normalized spacial score (nSPS) is 28.1. The van der Waals surface area contributed by atoms with Gasteiger partial charge in [0.2, 0.25) is 5.91 Å². The van der Waals surface area contributed by atoms with Crippen molar-refractivity contribution in [3.8, 4) is 0 Å². The Morgan fingerprint density at radius 1 is 1.28 bits per heavy atom. The van der Waals surface area contributed by atoms with E-state index in [2.05, 4.69) is 41.4 Å². The summed E-state index contributed by atoms with van der Waals surface area (Å²) in [6.07, 6.45) is 7.99. The minimum absolute atomic E-state index is 0. The third-order valence-electron chi connectivity index (χ3n) is 6.49. The zero-order valence-corrected chi connectivity index (χ0v) is 16.1. The van der Waals surface area contributed by atoms with Crippen LogP contribution in [-0.2, 0) is 16.6 Å². The van der Waals surface area contributed by atoms with Crippen LogP contribution in [-0.4, -0.2) is 36.5 Å². The second-order valence-corrected chi connectivity index (χ2v) is 7.94. The number of hydrogen-bond donors (Lipinski definition) is 1. The van der Waals surface area contributed by atoms with E-state index in [1.54, 1.807) is 0 Å². The Bertz CT molecular complexity index is 614. The molecule has 1 heterocycles. The summed E-state index contributed by atoms with van der Waals surface area (Å²) in [5.41, 5.74) is 3.14. The summed E-state index contributed by atoms with van der Waals surface area (Å²) in [7, 11) is 0. The molecule has 2 aliphatic carbocycles. The van der Waals surface area contributed by atoms with Crippen LogP contribution in [0.3, 0.4) is 0 Å². The first-order chi connectivity index (χ1) is 11.8. The minimum atomic E-state index is 0. The molecule has 0 bridgehead atoms. The highest BCUT2D eigenvalue weighted by molar-refractivity contribution is 5.85. The van der Waals surface area contributed by atoms with Crippen molar-refractivity contribution in [1.29, 1.82) is 0 Å². The lowest BCUT2D eigenvalue weighted by atomic mass is 9.78. The van der Waals surface area contributed by atoms with E-state index in [-0.39, 0.29) is 23.7 Å². The molecular weight excluding hydrogens is 332 g/mol. The molecule has 0 radical (unpaired) electrons. The van der Waals surface area contributed by atoms with Crippen molar-refractivity contribution in [3.63, 3.8) is 0 Å². The molecule has 1 spiro atoms. The van der Waals surface area contributed by atoms with E-state index in [1.807, 2.05) is 0 Å². The summed E-state index contributed by atoms with van der Waals surface area (Å²) >= 11 is 0. The first-order valence-corrected chi connectivity index (χ1v) is 9.86. The molecule has 1 amide bonds. The van der Waals surface area contributed by atoms with E-state index in [9.17, 15) is 4.79 Å². The molecule has 138 valence electrons. The fourth-order valence-electron chi connectivity index (χ4n) is 5.19. The number of hydrogen-bond acceptors (Lipinski definition) is 2. The molecule has 1 aliphatic heterocycles. The Morgan fingerprint density at radius 3 is 2.80 bits per heavy atom.